The molecule has 0 radical (unpaired) electrons. The molecule has 12 nitrogen and oxygen atoms in total. The fourth-order valence-electron chi connectivity index (χ4n) is 6.59. The number of hydrogen-bond acceptors (Lipinski definition) is 9. The van der Waals surface area contributed by atoms with Crippen molar-refractivity contribution in [1.82, 2.24) is 30.0 Å². The molecule has 2 unspecified atom stereocenters. The maximum Gasteiger partial charge on any atom is 0.407 e. The Morgan fingerprint density at radius 1 is 1.11 bits per heavy atom. The lowest BCUT2D eigenvalue weighted by atomic mass is 9.94. The molecule has 3 aliphatic rings. The zero-order valence-corrected chi connectivity index (χ0v) is 25.7. The summed E-state index contributed by atoms with van der Waals surface area (Å²) in [5.41, 5.74) is 4.43. The molecule has 4 heterocycles. The number of fused-ring (bicyclic) bond motifs is 2. The number of hydrogen-bond donors (Lipinski definition) is 2. The number of carboxylic acid groups (broad SMARTS) is 1. The second-order valence-corrected chi connectivity index (χ2v) is 12.3. The highest BCUT2D eigenvalue weighted by Crippen LogP contribution is 2.50. The van der Waals surface area contributed by atoms with Crippen LogP contribution in [0.25, 0.3) is 32.9 Å². The topological polar surface area (TPSA) is 129 Å². The molecule has 2 N–H and O–H groups in total. The number of piperazine rings is 1. The first-order valence-corrected chi connectivity index (χ1v) is 15.4. The minimum Gasteiger partial charge on any atom is -0.496 e. The van der Waals surface area contributed by atoms with E-state index in [2.05, 4.69) is 40.0 Å². The van der Waals surface area contributed by atoms with Crippen molar-refractivity contribution >= 4 is 33.7 Å². The number of ether oxygens (including phenoxy) is 3. The number of nitrogens with one attached hydrogen (secondary N) is 1. The van der Waals surface area contributed by atoms with E-state index in [0.29, 0.717) is 55.1 Å². The molecule has 2 aliphatic heterocycles. The lowest BCUT2D eigenvalue weighted by Crippen LogP contribution is -2.53. The summed E-state index contributed by atoms with van der Waals surface area (Å²) in [6.07, 6.45) is 5.15. The first kappa shape index (κ1) is 28.5. The predicted octanol–water partition coefficient (Wildman–Crippen LogP) is 4.69. The van der Waals surface area contributed by atoms with E-state index in [1.54, 1.807) is 7.11 Å². The molecule has 0 bridgehead atoms. The number of amides is 1. The van der Waals surface area contributed by atoms with Gasteiger partial charge in [-0.25, -0.2) is 4.79 Å². The molecule has 12 heteroatoms. The molecular formula is C32H39N7O5. The largest absolute Gasteiger partial charge is 0.496 e. The Morgan fingerprint density at radius 2 is 1.95 bits per heavy atom. The fraction of sp³-hybridized carbons (Fsp3) is 0.500. The van der Waals surface area contributed by atoms with Crippen LogP contribution in [-0.2, 0) is 0 Å². The highest BCUT2D eigenvalue weighted by molar-refractivity contribution is 6.06. The molecule has 1 amide bonds. The molecule has 4 aromatic rings. The second-order valence-electron chi connectivity index (χ2n) is 12.3. The number of aromatic nitrogens is 4. The van der Waals surface area contributed by atoms with Crippen molar-refractivity contribution < 1.29 is 24.1 Å². The van der Waals surface area contributed by atoms with E-state index in [1.807, 2.05) is 25.3 Å². The monoisotopic (exact) mass is 601 g/mol. The molecule has 3 fully saturated rings. The zero-order chi connectivity index (χ0) is 30.5. The summed E-state index contributed by atoms with van der Waals surface area (Å²) in [6, 6.07) is 6.56. The maximum absolute atomic E-state index is 11.8. The van der Waals surface area contributed by atoms with Gasteiger partial charge >= 0.3 is 12.1 Å². The minimum absolute atomic E-state index is 0.0841. The summed E-state index contributed by atoms with van der Waals surface area (Å²) in [5, 5.41) is 18.8. The Balaban J connectivity index is 1.44. The summed E-state index contributed by atoms with van der Waals surface area (Å²) >= 11 is 0. The first-order chi connectivity index (χ1) is 21.3. The Hall–Kier alpha value is -4.32. The van der Waals surface area contributed by atoms with Crippen LogP contribution >= 0.6 is 0 Å². The molecule has 44 heavy (non-hydrogen) atoms. The number of carbonyl (C=O) groups is 1. The van der Waals surface area contributed by atoms with Crippen molar-refractivity contribution in [3.8, 4) is 28.6 Å². The van der Waals surface area contributed by atoms with Crippen LogP contribution in [0.2, 0.25) is 0 Å². The smallest absolute Gasteiger partial charge is 0.407 e. The van der Waals surface area contributed by atoms with Crippen LogP contribution in [0, 0.1) is 6.92 Å². The Kier molecular flexibility index (Phi) is 7.31. The van der Waals surface area contributed by atoms with Gasteiger partial charge in [0.1, 0.15) is 23.7 Å². The Bertz CT molecular complexity index is 1720. The highest BCUT2D eigenvalue weighted by atomic mass is 16.5. The van der Waals surface area contributed by atoms with E-state index >= 15 is 0 Å². The van der Waals surface area contributed by atoms with Gasteiger partial charge in [0.2, 0.25) is 0 Å². The van der Waals surface area contributed by atoms with Gasteiger partial charge in [-0.1, -0.05) is 6.07 Å². The normalized spacial score (nSPS) is 20.9. The number of likely N-dealkylation sites (N-methyl/N-ethyl adjacent to an activating group) is 1. The number of likely N-dealkylation sites (tertiary alicyclic amines) is 1. The van der Waals surface area contributed by atoms with Gasteiger partial charge < -0.3 is 34.0 Å². The Morgan fingerprint density at radius 3 is 2.66 bits per heavy atom. The van der Waals surface area contributed by atoms with E-state index in [4.69, 9.17) is 24.2 Å². The molecule has 232 valence electrons. The molecule has 1 aliphatic carbocycles. The summed E-state index contributed by atoms with van der Waals surface area (Å²) in [4.78, 5) is 27.7. The van der Waals surface area contributed by atoms with E-state index in [0.717, 1.165) is 65.2 Å². The third-order valence-electron chi connectivity index (χ3n) is 9.23. The Labute approximate surface area is 255 Å². The maximum atomic E-state index is 11.8. The van der Waals surface area contributed by atoms with Crippen LogP contribution in [0.3, 0.4) is 0 Å². The minimum atomic E-state index is -0.913. The molecule has 2 aromatic carbocycles. The van der Waals surface area contributed by atoms with E-state index in [9.17, 15) is 9.90 Å². The second kappa shape index (κ2) is 11.3. The average molecular weight is 602 g/mol. The van der Waals surface area contributed by atoms with E-state index in [1.165, 1.54) is 4.90 Å². The summed E-state index contributed by atoms with van der Waals surface area (Å²) in [7, 11) is 3.79. The van der Waals surface area contributed by atoms with E-state index in [-0.39, 0.29) is 18.2 Å². The molecule has 1 saturated carbocycles. The van der Waals surface area contributed by atoms with Crippen LogP contribution in [0.4, 0.5) is 10.6 Å². The number of methoxy groups -OCH3 is 1. The summed E-state index contributed by atoms with van der Waals surface area (Å²) in [6.45, 7) is 6.86. The average Bonchev–Trinajstić information content (AvgIpc) is 3.54. The van der Waals surface area contributed by atoms with Crippen molar-refractivity contribution in [2.45, 2.75) is 57.7 Å². The van der Waals surface area contributed by atoms with Crippen molar-refractivity contribution in [3.05, 3.63) is 30.0 Å². The fourth-order valence-corrected chi connectivity index (χ4v) is 6.59. The standard InChI is InChI=1S/C32H39N7O5/c1-18-7-10-24-23(15-33-36-24)26(18)27-25(42-4)14-22-28(29(27)44-21-8-9-21)34-31(43-17-20-6-5-11-37(20)3)35-30(22)39-13-12-38(32(40)41)16-19(39)2/h7,10,14-15,19-21H,5-6,8-9,11-13,16-17H2,1-4H3,(H,33,36)(H,40,41). The number of H-pyrrole nitrogens is 1. The van der Waals surface area contributed by atoms with Gasteiger partial charge in [-0.3, -0.25) is 5.10 Å². The molecule has 2 saturated heterocycles. The van der Waals surface area contributed by atoms with Gasteiger partial charge in [-0.15, -0.1) is 0 Å². The van der Waals surface area contributed by atoms with Gasteiger partial charge in [0, 0.05) is 42.7 Å². The predicted molar refractivity (Wildman–Crippen MR) is 167 cm³/mol. The van der Waals surface area contributed by atoms with Gasteiger partial charge in [-0.05, 0) is 70.8 Å². The summed E-state index contributed by atoms with van der Waals surface area (Å²) < 4.78 is 19.2. The molecule has 7 rings (SSSR count). The lowest BCUT2D eigenvalue weighted by molar-refractivity contribution is 0.136. The van der Waals surface area contributed by atoms with E-state index < -0.39 is 6.09 Å². The first-order valence-electron chi connectivity index (χ1n) is 15.4. The van der Waals surface area contributed by atoms with Gasteiger partial charge in [0.15, 0.2) is 5.75 Å². The van der Waals surface area contributed by atoms with Gasteiger partial charge in [0.05, 0.1) is 35.9 Å². The highest BCUT2D eigenvalue weighted by Gasteiger charge is 2.34. The van der Waals surface area contributed by atoms with Crippen molar-refractivity contribution in [1.29, 1.82) is 0 Å². The van der Waals surface area contributed by atoms with Crippen LogP contribution in [0.1, 0.15) is 38.2 Å². The molecular weight excluding hydrogens is 562 g/mol. The summed E-state index contributed by atoms with van der Waals surface area (Å²) in [5.74, 6) is 1.97. The zero-order valence-electron chi connectivity index (χ0n) is 25.7. The van der Waals surface area contributed by atoms with Crippen LogP contribution in [-0.4, -0.2) is 106 Å². The third-order valence-corrected chi connectivity index (χ3v) is 9.23. The van der Waals surface area contributed by atoms with Gasteiger partial charge in [-0.2, -0.15) is 15.1 Å². The SMILES string of the molecule is COc1cc2c(N3CCN(C(=O)O)CC3C)nc(OCC3CCCN3C)nc2c(OC2CC2)c1-c1c(C)ccc2[nH]ncc12. The molecule has 0 spiro atoms. The molecule has 2 atom stereocenters. The van der Waals surface area contributed by atoms with Crippen LogP contribution in [0.15, 0.2) is 24.4 Å². The van der Waals surface area contributed by atoms with Crippen molar-refractivity contribution in [3.63, 3.8) is 0 Å². The lowest BCUT2D eigenvalue weighted by Gasteiger charge is -2.39. The van der Waals surface area contributed by atoms with Crippen molar-refractivity contribution in [2.75, 3.05) is 51.8 Å². The van der Waals surface area contributed by atoms with Crippen LogP contribution < -0.4 is 19.1 Å². The number of rotatable bonds is 8. The number of nitrogens with zero attached hydrogens (tertiary/aromatic N) is 6. The number of aromatic amines is 1. The number of anilines is 1. The third kappa shape index (κ3) is 5.10. The van der Waals surface area contributed by atoms with Crippen LogP contribution in [0.5, 0.6) is 17.5 Å². The van der Waals surface area contributed by atoms with Gasteiger partial charge in [0.25, 0.3) is 0 Å². The number of aryl methyl sites for hydroxylation is 1. The number of benzene rings is 2. The van der Waals surface area contributed by atoms with Crippen molar-refractivity contribution in [2.24, 2.45) is 0 Å². The molecule has 2 aromatic heterocycles. The quantitative estimate of drug-likeness (QED) is 0.293.